The number of fused-ring (bicyclic) bond motifs is 5. The van der Waals surface area contributed by atoms with Gasteiger partial charge in [0.2, 0.25) is 0 Å². The Morgan fingerprint density at radius 3 is 2.69 bits per heavy atom. The number of methoxy groups -OCH3 is 2. The van der Waals surface area contributed by atoms with Gasteiger partial charge in [-0.25, -0.2) is 0 Å². The molecule has 1 fully saturated rings. The van der Waals surface area contributed by atoms with Gasteiger partial charge in [-0.3, -0.25) is 9.69 Å². The van der Waals surface area contributed by atoms with Crippen LogP contribution in [0.3, 0.4) is 0 Å². The first-order chi connectivity index (χ1) is 17.0. The van der Waals surface area contributed by atoms with Crippen LogP contribution in [-0.4, -0.2) is 74.2 Å². The molecule has 1 saturated heterocycles. The van der Waals surface area contributed by atoms with Gasteiger partial charge in [0.25, 0.3) is 0 Å². The monoisotopic (exact) mass is 476 g/mol. The van der Waals surface area contributed by atoms with E-state index in [2.05, 4.69) is 70.6 Å². The third-order valence-corrected chi connectivity index (χ3v) is 7.62. The molecule has 3 heterocycles. The zero-order valence-electron chi connectivity index (χ0n) is 21.1. The Labute approximate surface area is 207 Å². The van der Waals surface area contributed by atoms with Crippen LogP contribution in [0.15, 0.2) is 48.5 Å². The molecule has 1 aromatic heterocycles. The molecule has 0 unspecified atom stereocenters. The molecule has 0 bridgehead atoms. The summed E-state index contributed by atoms with van der Waals surface area (Å²) in [6, 6.07) is 16.8. The lowest BCUT2D eigenvalue weighted by molar-refractivity contribution is -0.152. The molecule has 0 saturated carbocycles. The van der Waals surface area contributed by atoms with Crippen molar-refractivity contribution in [2.24, 2.45) is 0 Å². The van der Waals surface area contributed by atoms with E-state index in [0.29, 0.717) is 12.5 Å². The molecular weight excluding hydrogens is 440 g/mol. The molecule has 2 aliphatic rings. The van der Waals surface area contributed by atoms with Crippen molar-refractivity contribution in [3.05, 3.63) is 65.4 Å². The molecule has 0 spiro atoms. The van der Waals surface area contributed by atoms with Crippen molar-refractivity contribution in [1.82, 2.24) is 20.1 Å². The summed E-state index contributed by atoms with van der Waals surface area (Å²) >= 11 is 0. The molecule has 35 heavy (non-hydrogen) atoms. The minimum atomic E-state index is -0.337. The normalized spacial score (nSPS) is 24.3. The van der Waals surface area contributed by atoms with Crippen molar-refractivity contribution in [3.8, 4) is 5.75 Å². The highest BCUT2D eigenvalue weighted by Crippen LogP contribution is 2.49. The minimum absolute atomic E-state index is 0.0596. The second kappa shape index (κ2) is 10.0. The van der Waals surface area contributed by atoms with Crippen LogP contribution in [0.1, 0.15) is 41.7 Å². The first-order valence-electron chi connectivity index (χ1n) is 12.5. The number of hydrogen-bond acceptors (Lipinski definition) is 6. The van der Waals surface area contributed by atoms with Gasteiger partial charge >= 0.3 is 5.97 Å². The number of para-hydroxylation sites is 1. The number of nitrogens with zero attached hydrogens (tertiary/aromatic N) is 2. The number of aromatic amines is 1. The van der Waals surface area contributed by atoms with Crippen molar-refractivity contribution in [1.29, 1.82) is 0 Å². The molecular formula is C28H36N4O3. The Bertz CT molecular complexity index is 1190. The predicted molar refractivity (Wildman–Crippen MR) is 138 cm³/mol. The first-order valence-corrected chi connectivity index (χ1v) is 12.5. The van der Waals surface area contributed by atoms with Crippen molar-refractivity contribution in [2.75, 3.05) is 41.4 Å². The maximum absolute atomic E-state index is 13.2. The molecule has 7 nitrogen and oxygen atoms in total. The summed E-state index contributed by atoms with van der Waals surface area (Å²) in [7, 11) is 7.39. The van der Waals surface area contributed by atoms with E-state index in [1.165, 1.54) is 29.3 Å². The Balaban J connectivity index is 1.60. The van der Waals surface area contributed by atoms with E-state index in [1.807, 2.05) is 12.1 Å². The van der Waals surface area contributed by atoms with E-state index in [4.69, 9.17) is 9.47 Å². The number of piperidine rings is 1. The van der Waals surface area contributed by atoms with E-state index in [-0.39, 0.29) is 24.1 Å². The average molecular weight is 477 g/mol. The predicted octanol–water partition coefficient (Wildman–Crippen LogP) is 3.67. The maximum Gasteiger partial charge on any atom is 0.323 e. The fourth-order valence-corrected chi connectivity index (χ4v) is 5.98. The fraction of sp³-hybridized carbons (Fsp3) is 0.464. The van der Waals surface area contributed by atoms with Gasteiger partial charge in [0.15, 0.2) is 0 Å². The van der Waals surface area contributed by atoms with E-state index >= 15 is 0 Å². The molecule has 7 heteroatoms. The summed E-state index contributed by atoms with van der Waals surface area (Å²) in [6.45, 7) is 1.91. The number of H-pyrrole nitrogens is 1. The molecule has 0 amide bonds. The first kappa shape index (κ1) is 23.9. The highest BCUT2D eigenvalue weighted by atomic mass is 16.5. The highest BCUT2D eigenvalue weighted by Gasteiger charge is 2.48. The molecule has 3 aromatic rings. The summed E-state index contributed by atoms with van der Waals surface area (Å²) in [6.07, 6.45) is 2.49. The van der Waals surface area contributed by atoms with Gasteiger partial charge in [0.1, 0.15) is 11.8 Å². The van der Waals surface area contributed by atoms with Gasteiger partial charge in [0.05, 0.1) is 20.3 Å². The van der Waals surface area contributed by atoms with Crippen molar-refractivity contribution in [2.45, 2.75) is 43.4 Å². The molecule has 0 radical (unpaired) electrons. The van der Waals surface area contributed by atoms with Crippen molar-refractivity contribution >= 4 is 16.9 Å². The topological polar surface area (TPSA) is 69.8 Å². The van der Waals surface area contributed by atoms with Crippen LogP contribution in [-0.2, 0) is 16.0 Å². The van der Waals surface area contributed by atoms with Crippen LogP contribution in [0.2, 0.25) is 0 Å². The van der Waals surface area contributed by atoms with E-state index in [1.54, 1.807) is 7.11 Å². The number of ether oxygens (including phenoxy) is 2. The molecule has 186 valence electrons. The van der Waals surface area contributed by atoms with Gasteiger partial charge in [-0.1, -0.05) is 30.3 Å². The number of carbonyl (C=O) groups is 1. The van der Waals surface area contributed by atoms with Crippen molar-refractivity contribution in [3.63, 3.8) is 0 Å². The molecule has 4 atom stereocenters. The average Bonchev–Trinajstić information content (AvgIpc) is 3.26. The SMILES string of the molecule is COC(=O)[C@@H]1Cc2c([nH]c3ccccc23)[C@H]2C[C@@H](NCCN(C)C)C[C@@H](c3cccc(OC)c3)N21. The zero-order chi connectivity index (χ0) is 24.5. The third kappa shape index (κ3) is 4.56. The van der Waals surface area contributed by atoms with Crippen LogP contribution >= 0.6 is 0 Å². The summed E-state index contributed by atoms with van der Waals surface area (Å²) in [5.41, 5.74) is 4.78. The fourth-order valence-electron chi connectivity index (χ4n) is 5.98. The van der Waals surface area contributed by atoms with Crippen LogP contribution in [0.5, 0.6) is 5.75 Å². The van der Waals surface area contributed by atoms with Crippen LogP contribution < -0.4 is 10.1 Å². The molecule has 2 aromatic carbocycles. The lowest BCUT2D eigenvalue weighted by atomic mass is 9.79. The minimum Gasteiger partial charge on any atom is -0.497 e. The number of aromatic nitrogens is 1. The second-order valence-electron chi connectivity index (χ2n) is 9.99. The molecule has 0 aliphatic carbocycles. The quantitative estimate of drug-likeness (QED) is 0.507. The Kier molecular flexibility index (Phi) is 6.82. The standard InChI is InChI=1S/C28H36N4O3/c1-31(2)13-12-29-19-15-24(18-8-7-9-20(14-18)34-3)32-25(16-19)27-22(17-26(32)28(33)35-4)21-10-5-6-11-23(21)30-27/h5-11,14,19,24-26,29-30H,12-13,15-17H2,1-4H3/t19-,24-,25+,26-/m0/s1. The summed E-state index contributed by atoms with van der Waals surface area (Å²) in [5.74, 6) is 0.664. The van der Waals surface area contributed by atoms with E-state index < -0.39 is 0 Å². The van der Waals surface area contributed by atoms with Gasteiger partial charge in [0, 0.05) is 48.2 Å². The Morgan fingerprint density at radius 2 is 1.91 bits per heavy atom. The largest absolute Gasteiger partial charge is 0.497 e. The lowest BCUT2D eigenvalue weighted by Crippen LogP contribution is -2.56. The van der Waals surface area contributed by atoms with Gasteiger partial charge in [-0.15, -0.1) is 0 Å². The number of nitrogens with one attached hydrogen (secondary N) is 2. The lowest BCUT2D eigenvalue weighted by Gasteiger charge is -2.50. The van der Waals surface area contributed by atoms with Crippen molar-refractivity contribution < 1.29 is 14.3 Å². The number of esters is 1. The molecule has 2 N–H and O–H groups in total. The third-order valence-electron chi connectivity index (χ3n) is 7.62. The summed E-state index contributed by atoms with van der Waals surface area (Å²) in [5, 5.41) is 5.01. The Morgan fingerprint density at radius 1 is 1.11 bits per heavy atom. The number of rotatable bonds is 7. The van der Waals surface area contributed by atoms with E-state index in [0.717, 1.165) is 37.2 Å². The van der Waals surface area contributed by atoms with E-state index in [9.17, 15) is 4.79 Å². The van der Waals surface area contributed by atoms with Crippen LogP contribution in [0.25, 0.3) is 10.9 Å². The van der Waals surface area contributed by atoms with Gasteiger partial charge in [-0.2, -0.15) is 0 Å². The smallest absolute Gasteiger partial charge is 0.323 e. The van der Waals surface area contributed by atoms with Crippen LogP contribution in [0.4, 0.5) is 0 Å². The molecule has 5 rings (SSSR count). The molecule has 2 aliphatic heterocycles. The second-order valence-corrected chi connectivity index (χ2v) is 9.99. The van der Waals surface area contributed by atoms with Crippen LogP contribution in [0, 0.1) is 0 Å². The maximum atomic E-state index is 13.2. The number of benzene rings is 2. The number of carbonyl (C=O) groups excluding carboxylic acids is 1. The zero-order valence-corrected chi connectivity index (χ0v) is 21.1. The highest BCUT2D eigenvalue weighted by molar-refractivity contribution is 5.87. The van der Waals surface area contributed by atoms with Gasteiger partial charge < -0.3 is 24.7 Å². The summed E-state index contributed by atoms with van der Waals surface area (Å²) in [4.78, 5) is 21.5. The number of likely N-dealkylation sites (N-methyl/N-ethyl adjacent to an activating group) is 1. The summed E-state index contributed by atoms with van der Waals surface area (Å²) < 4.78 is 10.9. The van der Waals surface area contributed by atoms with Gasteiger partial charge in [-0.05, 0) is 56.3 Å². The number of hydrogen-bond donors (Lipinski definition) is 2. The Hall–Kier alpha value is -2.87.